The number of hydrogen-bond donors (Lipinski definition) is 2. The molecule has 0 spiro atoms. The molecule has 2 heterocycles. The number of aromatic nitrogens is 1. The number of alkyl carbamates (subject to hydrolysis) is 1. The predicted molar refractivity (Wildman–Crippen MR) is 118 cm³/mol. The number of Topliss-reactive ketones (excluding diaryl/α,β-unsaturated/α-hetero) is 2. The Kier molecular flexibility index (Phi) is 8.73. The molecule has 2 amide bonds. The zero-order valence-corrected chi connectivity index (χ0v) is 19.8. The van der Waals surface area contributed by atoms with Gasteiger partial charge >= 0.3 is 6.09 Å². The van der Waals surface area contributed by atoms with Crippen molar-refractivity contribution < 1.29 is 23.9 Å². The second-order valence-electron chi connectivity index (χ2n) is 9.51. The topological polar surface area (TPSA) is 114 Å². The van der Waals surface area contributed by atoms with Gasteiger partial charge in [0.15, 0.2) is 5.78 Å². The number of thiazole rings is 1. The molecule has 0 aromatic carbocycles. The van der Waals surface area contributed by atoms with Crippen LogP contribution in [0.25, 0.3) is 0 Å². The van der Waals surface area contributed by atoms with Crippen molar-refractivity contribution >= 4 is 34.9 Å². The lowest BCUT2D eigenvalue weighted by Crippen LogP contribution is -2.46. The van der Waals surface area contributed by atoms with E-state index in [1.165, 1.54) is 11.3 Å². The molecule has 0 radical (unpaired) electrons. The highest BCUT2D eigenvalue weighted by atomic mass is 32.1. The van der Waals surface area contributed by atoms with E-state index < -0.39 is 29.7 Å². The monoisotopic (exact) mass is 451 g/mol. The maximum absolute atomic E-state index is 13.0. The van der Waals surface area contributed by atoms with Crippen LogP contribution < -0.4 is 10.6 Å². The zero-order chi connectivity index (χ0) is 23.2. The van der Waals surface area contributed by atoms with E-state index >= 15 is 0 Å². The number of rotatable bonds is 6. The van der Waals surface area contributed by atoms with Crippen LogP contribution >= 0.6 is 11.3 Å². The first-order valence-electron chi connectivity index (χ1n) is 10.7. The third-order valence-electron chi connectivity index (χ3n) is 4.94. The van der Waals surface area contributed by atoms with Gasteiger partial charge in [0.05, 0.1) is 23.4 Å². The minimum absolute atomic E-state index is 0.119. The molecule has 2 atom stereocenters. The van der Waals surface area contributed by atoms with E-state index in [0.29, 0.717) is 25.8 Å². The summed E-state index contributed by atoms with van der Waals surface area (Å²) in [6.45, 7) is 9.99. The molecule has 172 valence electrons. The number of fused-ring (bicyclic) bond motifs is 2. The van der Waals surface area contributed by atoms with E-state index in [4.69, 9.17) is 4.74 Å². The van der Waals surface area contributed by atoms with Crippen molar-refractivity contribution in [3.05, 3.63) is 16.1 Å². The van der Waals surface area contributed by atoms with Crippen molar-refractivity contribution in [3.63, 3.8) is 0 Å². The van der Waals surface area contributed by atoms with E-state index in [9.17, 15) is 19.2 Å². The Balaban J connectivity index is 2.07. The molecule has 8 nitrogen and oxygen atoms in total. The highest BCUT2D eigenvalue weighted by Gasteiger charge is 2.32. The average Bonchev–Trinajstić information content (AvgIpc) is 3.12. The molecule has 1 aliphatic heterocycles. The number of carbonyl (C=O) groups is 4. The lowest BCUT2D eigenvalue weighted by atomic mass is 9.87. The van der Waals surface area contributed by atoms with Gasteiger partial charge in [0.25, 0.3) is 5.91 Å². The van der Waals surface area contributed by atoms with Crippen molar-refractivity contribution in [1.82, 2.24) is 15.6 Å². The lowest BCUT2D eigenvalue weighted by molar-refractivity contribution is -0.141. The minimum Gasteiger partial charge on any atom is -0.449 e. The molecule has 0 saturated carbocycles. The molecule has 1 aromatic heterocycles. The van der Waals surface area contributed by atoms with Crippen molar-refractivity contribution in [2.24, 2.45) is 17.3 Å². The van der Waals surface area contributed by atoms with Crippen LogP contribution in [0.1, 0.15) is 58.2 Å². The molecular weight excluding hydrogens is 418 g/mol. The van der Waals surface area contributed by atoms with Gasteiger partial charge in [0.1, 0.15) is 0 Å². The van der Waals surface area contributed by atoms with Gasteiger partial charge in [-0.25, -0.2) is 9.78 Å². The van der Waals surface area contributed by atoms with Crippen LogP contribution in [0, 0.1) is 17.3 Å². The fourth-order valence-corrected chi connectivity index (χ4v) is 4.05. The summed E-state index contributed by atoms with van der Waals surface area (Å²) in [5.74, 6) is -2.51. The van der Waals surface area contributed by atoms with Crippen LogP contribution in [-0.4, -0.2) is 47.7 Å². The second kappa shape index (κ2) is 10.8. The number of ether oxygens (including phenoxy) is 1. The number of nitrogens with zero attached hydrogens (tertiary/aromatic N) is 1. The van der Waals surface area contributed by atoms with Gasteiger partial charge in [-0.1, -0.05) is 34.6 Å². The summed E-state index contributed by atoms with van der Waals surface area (Å²) in [4.78, 5) is 54.7. The van der Waals surface area contributed by atoms with Crippen LogP contribution in [0.4, 0.5) is 4.79 Å². The Morgan fingerprint density at radius 2 is 2.00 bits per heavy atom. The third-order valence-corrected chi connectivity index (χ3v) is 5.90. The van der Waals surface area contributed by atoms with Crippen LogP contribution in [0.15, 0.2) is 5.38 Å². The fraction of sp³-hybridized carbons (Fsp3) is 0.682. The Hall–Kier alpha value is -2.29. The Bertz CT molecular complexity index is 812. The number of nitrogens with one attached hydrogen (secondary N) is 2. The summed E-state index contributed by atoms with van der Waals surface area (Å²) in [7, 11) is 0. The fourth-order valence-electron chi connectivity index (χ4n) is 3.22. The largest absolute Gasteiger partial charge is 0.449 e. The van der Waals surface area contributed by atoms with Gasteiger partial charge < -0.3 is 15.4 Å². The van der Waals surface area contributed by atoms with Crippen molar-refractivity contribution in [2.45, 2.75) is 66.3 Å². The number of amides is 2. The summed E-state index contributed by atoms with van der Waals surface area (Å²) in [6, 6.07) is -0.799. The first-order valence-corrected chi connectivity index (χ1v) is 11.6. The summed E-state index contributed by atoms with van der Waals surface area (Å²) in [6.07, 6.45) is 0.652. The molecule has 2 bridgehead atoms. The number of hydrogen-bond acceptors (Lipinski definition) is 7. The second-order valence-corrected chi connectivity index (χ2v) is 10.5. The molecule has 2 unspecified atom stereocenters. The smallest absolute Gasteiger partial charge is 0.407 e. The quantitative estimate of drug-likeness (QED) is 0.643. The minimum atomic E-state index is -0.799. The van der Waals surface area contributed by atoms with Gasteiger partial charge in [-0.3, -0.25) is 14.4 Å². The Labute approximate surface area is 187 Å². The highest BCUT2D eigenvalue weighted by molar-refractivity contribution is 7.09. The Morgan fingerprint density at radius 1 is 1.29 bits per heavy atom. The zero-order valence-electron chi connectivity index (χ0n) is 18.9. The summed E-state index contributed by atoms with van der Waals surface area (Å²) < 4.78 is 5.22. The summed E-state index contributed by atoms with van der Waals surface area (Å²) in [5, 5.41) is 8.12. The maximum Gasteiger partial charge on any atom is 0.407 e. The molecule has 1 aliphatic rings. The van der Waals surface area contributed by atoms with Crippen LogP contribution in [0.3, 0.4) is 0 Å². The van der Waals surface area contributed by atoms with Gasteiger partial charge in [0, 0.05) is 30.7 Å². The van der Waals surface area contributed by atoms with Crippen LogP contribution in [0.5, 0.6) is 0 Å². The van der Waals surface area contributed by atoms with Gasteiger partial charge in [-0.2, -0.15) is 0 Å². The first kappa shape index (κ1) is 25.0. The first-order chi connectivity index (χ1) is 14.5. The molecular formula is C22H33N3O5S. The maximum atomic E-state index is 13.0. The van der Waals surface area contributed by atoms with Gasteiger partial charge in [-0.05, 0) is 24.2 Å². The molecule has 31 heavy (non-hydrogen) atoms. The molecule has 2 N–H and O–H groups in total. The summed E-state index contributed by atoms with van der Waals surface area (Å²) in [5.41, 5.74) is 0.669. The number of carbonyl (C=O) groups excluding carboxylic acids is 4. The SMILES string of the molecule is CC(C)C(NC(=O)OCC(C)(C)C)C(=O)CC1CCc2csc(n2)CCNC(=O)C1=O. The van der Waals surface area contributed by atoms with E-state index in [1.807, 2.05) is 40.0 Å². The molecule has 2 rings (SSSR count). The van der Waals surface area contributed by atoms with Crippen molar-refractivity contribution in [2.75, 3.05) is 13.2 Å². The average molecular weight is 452 g/mol. The van der Waals surface area contributed by atoms with Gasteiger partial charge in [-0.15, -0.1) is 11.3 Å². The van der Waals surface area contributed by atoms with E-state index in [2.05, 4.69) is 15.6 Å². The van der Waals surface area contributed by atoms with Gasteiger partial charge in [0.2, 0.25) is 5.78 Å². The standard InChI is InChI=1S/C22H33N3O5S/c1-13(2)18(25-21(29)30-12-22(3,4)5)16(26)10-14-6-7-15-11-31-17(24-15)8-9-23-20(28)19(14)27/h11,13-14,18H,6-10,12H2,1-5H3,(H,23,28)(H,25,29). The highest BCUT2D eigenvalue weighted by Crippen LogP contribution is 2.21. The predicted octanol–water partition coefficient (Wildman–Crippen LogP) is 2.69. The van der Waals surface area contributed by atoms with Crippen molar-refractivity contribution in [1.29, 1.82) is 0 Å². The number of ketones is 2. The van der Waals surface area contributed by atoms with E-state index in [-0.39, 0.29) is 30.1 Å². The molecule has 9 heteroatoms. The lowest BCUT2D eigenvalue weighted by Gasteiger charge is -2.24. The van der Waals surface area contributed by atoms with Crippen LogP contribution in [-0.2, 0) is 32.0 Å². The molecule has 0 aliphatic carbocycles. The van der Waals surface area contributed by atoms with E-state index in [1.54, 1.807) is 0 Å². The molecule has 0 saturated heterocycles. The summed E-state index contributed by atoms with van der Waals surface area (Å²) >= 11 is 1.53. The molecule has 0 fully saturated rings. The number of aryl methyl sites for hydroxylation is 1. The van der Waals surface area contributed by atoms with Crippen LogP contribution in [0.2, 0.25) is 0 Å². The Morgan fingerprint density at radius 3 is 2.65 bits per heavy atom. The van der Waals surface area contributed by atoms with E-state index in [0.717, 1.165) is 10.7 Å². The normalized spacial score (nSPS) is 18.7. The molecule has 1 aromatic rings. The van der Waals surface area contributed by atoms with Crippen molar-refractivity contribution in [3.8, 4) is 0 Å². The third kappa shape index (κ3) is 8.05.